The first-order valence-electron chi connectivity index (χ1n) is 6.26. The fourth-order valence-corrected chi connectivity index (χ4v) is 1.91. The van der Waals surface area contributed by atoms with Gasteiger partial charge in [-0.25, -0.2) is 0 Å². The van der Waals surface area contributed by atoms with Gasteiger partial charge in [0.15, 0.2) is 0 Å². The number of hydrogen-bond donors (Lipinski definition) is 2. The van der Waals surface area contributed by atoms with Gasteiger partial charge < -0.3 is 15.8 Å². The smallest absolute Gasteiger partial charge is 0.240 e. The summed E-state index contributed by atoms with van der Waals surface area (Å²) in [6, 6.07) is 0.218. The van der Waals surface area contributed by atoms with Crippen LogP contribution in [0, 0.1) is 0 Å². The number of carbonyl (C=O) groups excluding carboxylic acids is 1. The van der Waals surface area contributed by atoms with Crippen LogP contribution in [0.25, 0.3) is 0 Å². The van der Waals surface area contributed by atoms with Crippen molar-refractivity contribution in [2.24, 2.45) is 5.73 Å². The van der Waals surface area contributed by atoms with E-state index in [2.05, 4.69) is 12.2 Å². The third-order valence-electron chi connectivity index (χ3n) is 3.21. The fraction of sp³-hybridized carbons (Fsp3) is 0.917. The molecule has 1 aliphatic rings. The summed E-state index contributed by atoms with van der Waals surface area (Å²) >= 11 is 0. The molecule has 0 aliphatic carbocycles. The molecule has 1 amide bonds. The van der Waals surface area contributed by atoms with Crippen LogP contribution in [0.3, 0.4) is 0 Å². The Hall–Kier alpha value is -0.610. The second-order valence-corrected chi connectivity index (χ2v) is 4.79. The number of carbonyl (C=O) groups is 1. The minimum absolute atomic E-state index is 0.0144. The van der Waals surface area contributed by atoms with E-state index in [1.165, 1.54) is 0 Å². The lowest BCUT2D eigenvalue weighted by Crippen LogP contribution is -2.58. The lowest BCUT2D eigenvalue weighted by atomic mass is 9.90. The Morgan fingerprint density at radius 1 is 1.50 bits per heavy atom. The molecule has 0 bridgehead atoms. The summed E-state index contributed by atoms with van der Waals surface area (Å²) in [5.74, 6) is -0.0144. The first-order valence-corrected chi connectivity index (χ1v) is 6.26. The Kier molecular flexibility index (Phi) is 5.22. The van der Waals surface area contributed by atoms with Gasteiger partial charge in [-0.3, -0.25) is 4.79 Å². The van der Waals surface area contributed by atoms with Crippen molar-refractivity contribution in [3.8, 4) is 0 Å². The second kappa shape index (κ2) is 6.21. The number of rotatable bonds is 5. The topological polar surface area (TPSA) is 64.4 Å². The molecule has 0 radical (unpaired) electrons. The van der Waals surface area contributed by atoms with Crippen molar-refractivity contribution in [1.29, 1.82) is 0 Å². The summed E-state index contributed by atoms with van der Waals surface area (Å²) in [6.45, 7) is 5.37. The van der Waals surface area contributed by atoms with Crippen LogP contribution in [0.4, 0.5) is 0 Å². The number of nitrogens with two attached hydrogens (primary N) is 1. The first kappa shape index (κ1) is 13.5. The van der Waals surface area contributed by atoms with E-state index in [-0.39, 0.29) is 11.9 Å². The van der Waals surface area contributed by atoms with Crippen molar-refractivity contribution >= 4 is 5.91 Å². The molecule has 1 fully saturated rings. The van der Waals surface area contributed by atoms with Gasteiger partial charge >= 0.3 is 0 Å². The Morgan fingerprint density at radius 2 is 2.12 bits per heavy atom. The van der Waals surface area contributed by atoms with Gasteiger partial charge in [0.25, 0.3) is 0 Å². The number of unbranched alkanes of at least 4 members (excludes halogenated alkanes) is 1. The lowest BCUT2D eigenvalue weighted by Gasteiger charge is -2.33. The Morgan fingerprint density at radius 3 is 2.69 bits per heavy atom. The largest absolute Gasteiger partial charge is 0.381 e. The maximum atomic E-state index is 12.0. The highest BCUT2D eigenvalue weighted by molar-refractivity contribution is 5.86. The Balaban J connectivity index is 2.38. The van der Waals surface area contributed by atoms with E-state index in [1.54, 1.807) is 0 Å². The van der Waals surface area contributed by atoms with Crippen molar-refractivity contribution < 1.29 is 9.53 Å². The standard InChI is InChI=1S/C12H24N2O2/c1-3-4-5-10(2)14-11(15)12(13)6-8-16-9-7-12/h10H,3-9,13H2,1-2H3,(H,14,15). The number of amides is 1. The maximum absolute atomic E-state index is 12.0. The summed E-state index contributed by atoms with van der Waals surface area (Å²) in [5.41, 5.74) is 5.38. The molecule has 1 rings (SSSR count). The highest BCUT2D eigenvalue weighted by Gasteiger charge is 2.36. The maximum Gasteiger partial charge on any atom is 0.240 e. The normalized spacial score (nSPS) is 21.4. The molecule has 0 spiro atoms. The fourth-order valence-electron chi connectivity index (χ4n) is 1.91. The Bertz CT molecular complexity index is 225. The molecule has 0 saturated carbocycles. The molecule has 4 nitrogen and oxygen atoms in total. The van der Waals surface area contributed by atoms with E-state index in [9.17, 15) is 4.79 Å². The third kappa shape index (κ3) is 3.76. The molecule has 1 heterocycles. The zero-order valence-electron chi connectivity index (χ0n) is 10.4. The molecule has 1 aliphatic heterocycles. The van der Waals surface area contributed by atoms with E-state index in [0.29, 0.717) is 26.1 Å². The minimum atomic E-state index is -0.710. The van der Waals surface area contributed by atoms with Gasteiger partial charge in [0, 0.05) is 19.3 Å². The molecule has 94 valence electrons. The Labute approximate surface area is 97.9 Å². The van der Waals surface area contributed by atoms with E-state index in [1.807, 2.05) is 6.92 Å². The van der Waals surface area contributed by atoms with E-state index < -0.39 is 5.54 Å². The van der Waals surface area contributed by atoms with Crippen LogP contribution >= 0.6 is 0 Å². The average Bonchev–Trinajstić information content (AvgIpc) is 2.27. The summed E-state index contributed by atoms with van der Waals surface area (Å²) in [7, 11) is 0. The molecule has 3 N–H and O–H groups in total. The van der Waals surface area contributed by atoms with Crippen molar-refractivity contribution in [3.05, 3.63) is 0 Å². The van der Waals surface area contributed by atoms with Gasteiger partial charge in [-0.15, -0.1) is 0 Å². The molecule has 4 heteroatoms. The van der Waals surface area contributed by atoms with E-state index in [0.717, 1.165) is 19.3 Å². The van der Waals surface area contributed by atoms with E-state index in [4.69, 9.17) is 10.5 Å². The van der Waals surface area contributed by atoms with E-state index >= 15 is 0 Å². The van der Waals surface area contributed by atoms with Crippen molar-refractivity contribution in [2.75, 3.05) is 13.2 Å². The van der Waals surface area contributed by atoms with Crippen LogP contribution in [-0.4, -0.2) is 30.7 Å². The second-order valence-electron chi connectivity index (χ2n) is 4.79. The number of ether oxygens (including phenoxy) is 1. The first-order chi connectivity index (χ1) is 7.58. The average molecular weight is 228 g/mol. The van der Waals surface area contributed by atoms with Crippen LogP contribution in [0.5, 0.6) is 0 Å². The predicted molar refractivity (Wildman–Crippen MR) is 64.1 cm³/mol. The minimum Gasteiger partial charge on any atom is -0.381 e. The van der Waals surface area contributed by atoms with Crippen LogP contribution in [0.2, 0.25) is 0 Å². The van der Waals surface area contributed by atoms with Gasteiger partial charge in [0.1, 0.15) is 0 Å². The highest BCUT2D eigenvalue weighted by Crippen LogP contribution is 2.18. The van der Waals surface area contributed by atoms with Crippen LogP contribution in [0.1, 0.15) is 46.0 Å². The van der Waals surface area contributed by atoms with Crippen LogP contribution < -0.4 is 11.1 Å². The summed E-state index contributed by atoms with van der Waals surface area (Å²) in [6.07, 6.45) is 4.57. The zero-order valence-corrected chi connectivity index (χ0v) is 10.4. The van der Waals surface area contributed by atoms with Crippen LogP contribution in [0.15, 0.2) is 0 Å². The number of nitrogens with one attached hydrogen (secondary N) is 1. The molecular weight excluding hydrogens is 204 g/mol. The monoisotopic (exact) mass is 228 g/mol. The molecule has 1 atom stereocenters. The quantitative estimate of drug-likeness (QED) is 0.743. The van der Waals surface area contributed by atoms with Gasteiger partial charge in [0.2, 0.25) is 5.91 Å². The number of hydrogen-bond acceptors (Lipinski definition) is 3. The van der Waals surface area contributed by atoms with Gasteiger partial charge in [-0.05, 0) is 26.2 Å². The van der Waals surface area contributed by atoms with Gasteiger partial charge in [0.05, 0.1) is 5.54 Å². The molecule has 0 aromatic heterocycles. The summed E-state index contributed by atoms with van der Waals surface area (Å²) in [5, 5.41) is 3.01. The molecule has 1 saturated heterocycles. The molecular formula is C12H24N2O2. The van der Waals surface area contributed by atoms with Crippen molar-refractivity contribution in [1.82, 2.24) is 5.32 Å². The SMILES string of the molecule is CCCCC(C)NC(=O)C1(N)CCOCC1. The summed E-state index contributed by atoms with van der Waals surface area (Å²) in [4.78, 5) is 12.0. The summed E-state index contributed by atoms with van der Waals surface area (Å²) < 4.78 is 5.22. The zero-order chi connectivity index (χ0) is 12.0. The predicted octanol–water partition coefficient (Wildman–Crippen LogP) is 1.19. The van der Waals surface area contributed by atoms with Crippen molar-refractivity contribution in [3.63, 3.8) is 0 Å². The lowest BCUT2D eigenvalue weighted by molar-refractivity contribution is -0.130. The molecule has 16 heavy (non-hydrogen) atoms. The van der Waals surface area contributed by atoms with Crippen molar-refractivity contribution in [2.45, 2.75) is 57.5 Å². The molecule has 0 aromatic rings. The van der Waals surface area contributed by atoms with Gasteiger partial charge in [-0.2, -0.15) is 0 Å². The third-order valence-corrected chi connectivity index (χ3v) is 3.21. The van der Waals surface area contributed by atoms with Crippen LogP contribution in [-0.2, 0) is 9.53 Å². The molecule has 1 unspecified atom stereocenters. The molecule has 0 aromatic carbocycles. The highest BCUT2D eigenvalue weighted by atomic mass is 16.5. The van der Waals surface area contributed by atoms with Gasteiger partial charge in [-0.1, -0.05) is 19.8 Å².